The van der Waals surface area contributed by atoms with Gasteiger partial charge in [-0.25, -0.2) is 4.98 Å². The third-order valence-corrected chi connectivity index (χ3v) is 3.11. The van der Waals surface area contributed by atoms with Crippen molar-refractivity contribution in [3.63, 3.8) is 0 Å². The molecule has 20 heavy (non-hydrogen) atoms. The van der Waals surface area contributed by atoms with Crippen LogP contribution in [0.1, 0.15) is 35.3 Å². The van der Waals surface area contributed by atoms with E-state index in [0.29, 0.717) is 17.8 Å². The molecule has 2 heterocycles. The molecule has 0 bridgehead atoms. The smallest absolute Gasteiger partial charge is 0.271 e. The van der Waals surface area contributed by atoms with Gasteiger partial charge in [-0.2, -0.15) is 0 Å². The molecule has 1 aromatic heterocycles. The quantitative estimate of drug-likeness (QED) is 0.794. The third kappa shape index (κ3) is 4.05. The van der Waals surface area contributed by atoms with Crippen LogP contribution in [0.3, 0.4) is 0 Å². The molecule has 1 aromatic rings. The van der Waals surface area contributed by atoms with Crippen molar-refractivity contribution >= 4 is 5.91 Å². The van der Waals surface area contributed by atoms with E-state index in [1.165, 1.54) is 0 Å². The fraction of sp³-hybridized carbons (Fsp3) is 0.467. The molecule has 2 rings (SSSR count). The summed E-state index contributed by atoms with van der Waals surface area (Å²) in [6, 6.07) is 3.52. The number of ether oxygens (including phenoxy) is 1. The largest absolute Gasteiger partial charge is 0.376 e. The van der Waals surface area contributed by atoms with Crippen molar-refractivity contribution in [2.45, 2.75) is 25.4 Å². The Balaban J connectivity index is 1.97. The van der Waals surface area contributed by atoms with Crippen LogP contribution < -0.4 is 11.1 Å². The van der Waals surface area contributed by atoms with Crippen LogP contribution in [0, 0.1) is 11.8 Å². The van der Waals surface area contributed by atoms with Crippen molar-refractivity contribution in [3.8, 4) is 11.8 Å². The lowest BCUT2D eigenvalue weighted by Gasteiger charge is -2.22. The van der Waals surface area contributed by atoms with Crippen LogP contribution in [0.4, 0.5) is 0 Å². The van der Waals surface area contributed by atoms with Crippen LogP contribution in [0.15, 0.2) is 18.3 Å². The van der Waals surface area contributed by atoms with E-state index < -0.39 is 0 Å². The minimum Gasteiger partial charge on any atom is -0.376 e. The zero-order valence-electron chi connectivity index (χ0n) is 11.4. The van der Waals surface area contributed by atoms with E-state index in [2.05, 4.69) is 22.1 Å². The molecule has 1 amide bonds. The number of rotatable bonds is 3. The van der Waals surface area contributed by atoms with Gasteiger partial charge in [0.25, 0.3) is 5.91 Å². The molecule has 1 atom stereocenters. The second-order valence-electron chi connectivity index (χ2n) is 4.60. The predicted octanol–water partition coefficient (Wildman–Crippen LogP) is 0.691. The van der Waals surface area contributed by atoms with Crippen LogP contribution in [-0.4, -0.2) is 36.7 Å². The zero-order valence-corrected chi connectivity index (χ0v) is 11.4. The van der Waals surface area contributed by atoms with E-state index in [4.69, 9.17) is 10.5 Å². The van der Waals surface area contributed by atoms with E-state index in [1.807, 2.05) is 0 Å². The number of aromatic nitrogens is 1. The SMILES string of the molecule is NCC#Cc1cccnc1C(=O)NCC1CCCCO1. The lowest BCUT2D eigenvalue weighted by atomic mass is 10.1. The van der Waals surface area contributed by atoms with E-state index in [9.17, 15) is 4.79 Å². The predicted molar refractivity (Wildman–Crippen MR) is 76.1 cm³/mol. The Morgan fingerprint density at radius 2 is 2.45 bits per heavy atom. The first-order valence-electron chi connectivity index (χ1n) is 6.85. The zero-order chi connectivity index (χ0) is 14.2. The van der Waals surface area contributed by atoms with Gasteiger partial charge >= 0.3 is 0 Å². The molecule has 0 aromatic carbocycles. The standard InChI is InChI=1S/C15H19N3O2/c16-8-3-5-12-6-4-9-17-14(12)15(19)18-11-13-7-1-2-10-20-13/h4,6,9,13H,1-2,7-8,10-11,16H2,(H,18,19). The lowest BCUT2D eigenvalue weighted by molar-refractivity contribution is 0.0168. The summed E-state index contributed by atoms with van der Waals surface area (Å²) in [4.78, 5) is 16.2. The molecule has 3 N–H and O–H groups in total. The molecule has 0 aliphatic carbocycles. The van der Waals surface area contributed by atoms with Gasteiger partial charge in [-0.3, -0.25) is 4.79 Å². The number of hydrogen-bond donors (Lipinski definition) is 2. The van der Waals surface area contributed by atoms with Crippen LogP contribution in [0.5, 0.6) is 0 Å². The number of amides is 1. The average molecular weight is 273 g/mol. The van der Waals surface area contributed by atoms with Gasteiger partial charge in [0, 0.05) is 19.3 Å². The maximum absolute atomic E-state index is 12.1. The minimum absolute atomic E-state index is 0.106. The Bertz CT molecular complexity index is 513. The second kappa shape index (κ2) is 7.63. The molecule has 0 spiro atoms. The number of nitrogens with two attached hydrogens (primary N) is 1. The number of nitrogens with zero attached hydrogens (tertiary/aromatic N) is 1. The van der Waals surface area contributed by atoms with Gasteiger partial charge in [0.05, 0.1) is 18.2 Å². The van der Waals surface area contributed by atoms with E-state index in [0.717, 1.165) is 25.9 Å². The molecular weight excluding hydrogens is 254 g/mol. The summed E-state index contributed by atoms with van der Waals surface area (Å²) in [5, 5.41) is 2.86. The molecule has 1 saturated heterocycles. The summed E-state index contributed by atoms with van der Waals surface area (Å²) < 4.78 is 5.58. The molecule has 1 fully saturated rings. The average Bonchev–Trinajstić information content (AvgIpc) is 2.52. The first-order valence-corrected chi connectivity index (χ1v) is 6.85. The second-order valence-corrected chi connectivity index (χ2v) is 4.60. The summed E-state index contributed by atoms with van der Waals surface area (Å²) in [5.74, 6) is 5.38. The number of pyridine rings is 1. The van der Waals surface area contributed by atoms with Crippen molar-refractivity contribution in [1.82, 2.24) is 10.3 Å². The summed E-state index contributed by atoms with van der Waals surface area (Å²) in [7, 11) is 0. The van der Waals surface area contributed by atoms with Gasteiger partial charge in [-0.15, -0.1) is 0 Å². The molecule has 0 radical (unpaired) electrons. The van der Waals surface area contributed by atoms with E-state index in [1.54, 1.807) is 18.3 Å². The van der Waals surface area contributed by atoms with E-state index >= 15 is 0 Å². The van der Waals surface area contributed by atoms with Crippen molar-refractivity contribution in [2.24, 2.45) is 5.73 Å². The van der Waals surface area contributed by atoms with Gasteiger partial charge in [-0.05, 0) is 31.4 Å². The Morgan fingerprint density at radius 1 is 1.55 bits per heavy atom. The van der Waals surface area contributed by atoms with Crippen molar-refractivity contribution in [1.29, 1.82) is 0 Å². The van der Waals surface area contributed by atoms with Crippen LogP contribution >= 0.6 is 0 Å². The fourth-order valence-electron chi connectivity index (χ4n) is 2.09. The van der Waals surface area contributed by atoms with Crippen LogP contribution in [0.25, 0.3) is 0 Å². The molecule has 5 heteroatoms. The Hall–Kier alpha value is -1.90. The Labute approximate surface area is 118 Å². The highest BCUT2D eigenvalue weighted by molar-refractivity contribution is 5.94. The summed E-state index contributed by atoms with van der Waals surface area (Å²) >= 11 is 0. The molecule has 0 saturated carbocycles. The van der Waals surface area contributed by atoms with Gasteiger partial charge in [0.15, 0.2) is 0 Å². The minimum atomic E-state index is -0.221. The molecule has 1 aliphatic rings. The lowest BCUT2D eigenvalue weighted by Crippen LogP contribution is -2.36. The van der Waals surface area contributed by atoms with Gasteiger partial charge in [0.1, 0.15) is 5.69 Å². The van der Waals surface area contributed by atoms with Crippen molar-refractivity contribution in [2.75, 3.05) is 19.7 Å². The van der Waals surface area contributed by atoms with E-state index in [-0.39, 0.29) is 18.6 Å². The highest BCUT2D eigenvalue weighted by Crippen LogP contribution is 2.12. The maximum Gasteiger partial charge on any atom is 0.271 e. The highest BCUT2D eigenvalue weighted by Gasteiger charge is 2.17. The summed E-state index contributed by atoms with van der Waals surface area (Å²) in [5.41, 5.74) is 6.28. The van der Waals surface area contributed by atoms with Gasteiger partial charge in [-0.1, -0.05) is 11.8 Å². The van der Waals surface area contributed by atoms with Crippen molar-refractivity contribution in [3.05, 3.63) is 29.6 Å². The summed E-state index contributed by atoms with van der Waals surface area (Å²) in [6.07, 6.45) is 4.93. The first kappa shape index (κ1) is 14.5. The monoisotopic (exact) mass is 273 g/mol. The molecule has 106 valence electrons. The Kier molecular flexibility index (Phi) is 5.54. The maximum atomic E-state index is 12.1. The van der Waals surface area contributed by atoms with Crippen LogP contribution in [-0.2, 0) is 4.74 Å². The Morgan fingerprint density at radius 3 is 3.20 bits per heavy atom. The molecule has 1 aliphatic heterocycles. The normalized spacial score (nSPS) is 17.9. The summed E-state index contributed by atoms with van der Waals surface area (Å²) in [6.45, 7) is 1.54. The molecule has 1 unspecified atom stereocenters. The van der Waals surface area contributed by atoms with Gasteiger partial charge < -0.3 is 15.8 Å². The fourth-order valence-corrected chi connectivity index (χ4v) is 2.09. The first-order chi connectivity index (χ1) is 9.81. The van der Waals surface area contributed by atoms with Gasteiger partial charge in [0.2, 0.25) is 0 Å². The number of carbonyl (C=O) groups is 1. The topological polar surface area (TPSA) is 77.2 Å². The third-order valence-electron chi connectivity index (χ3n) is 3.11. The highest BCUT2D eigenvalue weighted by atomic mass is 16.5. The number of carbonyl (C=O) groups excluding carboxylic acids is 1. The molecule has 5 nitrogen and oxygen atoms in total. The molecular formula is C15H19N3O2. The number of nitrogens with one attached hydrogen (secondary N) is 1. The van der Waals surface area contributed by atoms with Crippen molar-refractivity contribution < 1.29 is 9.53 Å². The number of hydrogen-bond acceptors (Lipinski definition) is 4. The van der Waals surface area contributed by atoms with Crippen LogP contribution in [0.2, 0.25) is 0 Å².